The van der Waals surface area contributed by atoms with Crippen molar-refractivity contribution in [2.24, 2.45) is 11.7 Å². The van der Waals surface area contributed by atoms with Crippen LogP contribution in [-0.2, 0) is 14.8 Å². The molecule has 1 aromatic rings. The maximum Gasteiger partial charge on any atom is 0.243 e. The number of hydrogen-bond donors (Lipinski definition) is 1. The fraction of sp³-hybridized carbons (Fsp3) is 0.556. The number of nitrogens with zero attached hydrogens (tertiary/aromatic N) is 2. The van der Waals surface area contributed by atoms with Crippen LogP contribution in [0.4, 0.5) is 0 Å². The summed E-state index contributed by atoms with van der Waals surface area (Å²) in [6, 6.07) is 6.08. The lowest BCUT2D eigenvalue weighted by Crippen LogP contribution is -2.51. The summed E-state index contributed by atoms with van der Waals surface area (Å²) < 4.78 is 26.9. The number of nitrogens with two attached hydrogens (primary N) is 1. The van der Waals surface area contributed by atoms with Gasteiger partial charge in [-0.1, -0.05) is 12.1 Å². The summed E-state index contributed by atoms with van der Waals surface area (Å²) in [6.07, 6.45) is 2.42. The van der Waals surface area contributed by atoms with E-state index >= 15 is 0 Å². The summed E-state index contributed by atoms with van der Waals surface area (Å²) >= 11 is 0. The van der Waals surface area contributed by atoms with Crippen molar-refractivity contribution in [1.29, 1.82) is 0 Å². The van der Waals surface area contributed by atoms with Crippen LogP contribution < -0.4 is 5.73 Å². The molecule has 1 aliphatic carbocycles. The van der Waals surface area contributed by atoms with E-state index < -0.39 is 10.0 Å². The van der Waals surface area contributed by atoms with Gasteiger partial charge in [0.2, 0.25) is 15.9 Å². The van der Waals surface area contributed by atoms with Crippen LogP contribution in [0.2, 0.25) is 0 Å². The third-order valence-corrected chi connectivity index (χ3v) is 7.18. The van der Waals surface area contributed by atoms with Crippen LogP contribution in [0.5, 0.6) is 0 Å². The lowest BCUT2D eigenvalue weighted by Gasteiger charge is -2.35. The Morgan fingerprint density at radius 1 is 1.04 bits per heavy atom. The van der Waals surface area contributed by atoms with Crippen LogP contribution in [0.3, 0.4) is 0 Å². The topological polar surface area (TPSA) is 101 Å². The summed E-state index contributed by atoms with van der Waals surface area (Å²) in [6.45, 7) is 2.80. The normalized spacial score (nSPS) is 23.7. The first-order chi connectivity index (χ1) is 12.3. The van der Waals surface area contributed by atoms with Gasteiger partial charge in [0.25, 0.3) is 0 Å². The van der Waals surface area contributed by atoms with E-state index in [9.17, 15) is 18.0 Å². The second-order valence-corrected chi connectivity index (χ2v) is 9.02. The maximum atomic E-state index is 12.8. The number of carbonyl (C=O) groups excluding carboxylic acids is 2. The summed E-state index contributed by atoms with van der Waals surface area (Å²) in [5.41, 5.74) is 6.37. The van der Waals surface area contributed by atoms with Gasteiger partial charge in [0.15, 0.2) is 5.78 Å². The second kappa shape index (κ2) is 8.68. The number of amides is 1. The molecule has 0 aromatic heterocycles. The Bertz CT molecular complexity index is 789. The van der Waals surface area contributed by atoms with Gasteiger partial charge in [-0.25, -0.2) is 8.42 Å². The maximum absolute atomic E-state index is 12.8. The van der Waals surface area contributed by atoms with Gasteiger partial charge in [-0.05, 0) is 38.3 Å². The minimum absolute atomic E-state index is 0. The Balaban J connectivity index is 0.00000261. The largest absolute Gasteiger partial charge is 0.340 e. The summed E-state index contributed by atoms with van der Waals surface area (Å²) in [7, 11) is -3.62. The average molecular weight is 416 g/mol. The van der Waals surface area contributed by atoms with Crippen molar-refractivity contribution in [3.63, 3.8) is 0 Å². The van der Waals surface area contributed by atoms with E-state index in [4.69, 9.17) is 5.73 Å². The minimum Gasteiger partial charge on any atom is -0.340 e. The Kier molecular flexibility index (Phi) is 7.02. The zero-order valence-electron chi connectivity index (χ0n) is 15.3. The van der Waals surface area contributed by atoms with Gasteiger partial charge in [-0.15, -0.1) is 12.4 Å². The molecular weight excluding hydrogens is 390 g/mol. The summed E-state index contributed by atoms with van der Waals surface area (Å²) in [5.74, 6) is -0.0270. The van der Waals surface area contributed by atoms with E-state index in [1.54, 1.807) is 4.90 Å². The number of carbonyl (C=O) groups is 2. The number of hydrogen-bond acceptors (Lipinski definition) is 5. The molecule has 0 bridgehead atoms. The first kappa shape index (κ1) is 21.8. The van der Waals surface area contributed by atoms with Crippen LogP contribution in [0.25, 0.3) is 0 Å². The molecule has 2 unspecified atom stereocenters. The van der Waals surface area contributed by atoms with Gasteiger partial charge in [0.05, 0.1) is 4.90 Å². The predicted molar refractivity (Wildman–Crippen MR) is 104 cm³/mol. The molecule has 7 nitrogen and oxygen atoms in total. The molecule has 150 valence electrons. The van der Waals surface area contributed by atoms with Crippen molar-refractivity contribution >= 4 is 34.1 Å². The molecule has 3 rings (SSSR count). The Morgan fingerprint density at radius 3 is 2.11 bits per heavy atom. The SMILES string of the molecule is CC(=O)c1ccc(S(=O)(=O)N2CCN(C(=O)C3CCC(N)C3)CC2)cc1.Cl. The van der Waals surface area contributed by atoms with Crippen LogP contribution in [-0.4, -0.2) is 61.5 Å². The van der Waals surface area contributed by atoms with Gasteiger partial charge < -0.3 is 10.6 Å². The Hall–Kier alpha value is -1.48. The zero-order valence-corrected chi connectivity index (χ0v) is 17.0. The van der Waals surface area contributed by atoms with Crippen molar-refractivity contribution in [3.8, 4) is 0 Å². The Morgan fingerprint density at radius 2 is 1.63 bits per heavy atom. The molecule has 1 saturated carbocycles. The highest BCUT2D eigenvalue weighted by Gasteiger charge is 2.35. The van der Waals surface area contributed by atoms with E-state index in [1.165, 1.54) is 35.5 Å². The smallest absolute Gasteiger partial charge is 0.243 e. The van der Waals surface area contributed by atoms with Crippen LogP contribution in [0, 0.1) is 5.92 Å². The Labute approximate surface area is 166 Å². The molecular formula is C18H26ClN3O4S. The fourth-order valence-corrected chi connectivity index (χ4v) is 5.08. The van der Waals surface area contributed by atoms with Gasteiger partial charge in [-0.3, -0.25) is 9.59 Å². The zero-order chi connectivity index (χ0) is 18.9. The number of ketones is 1. The van der Waals surface area contributed by atoms with E-state index in [0.29, 0.717) is 18.7 Å². The van der Waals surface area contributed by atoms with Gasteiger partial charge >= 0.3 is 0 Å². The quantitative estimate of drug-likeness (QED) is 0.746. The van der Waals surface area contributed by atoms with Crippen LogP contribution >= 0.6 is 12.4 Å². The highest BCUT2D eigenvalue weighted by Crippen LogP contribution is 2.27. The first-order valence-corrected chi connectivity index (χ1v) is 10.4. The molecule has 2 fully saturated rings. The van der Waals surface area contributed by atoms with Crippen LogP contribution in [0.15, 0.2) is 29.2 Å². The van der Waals surface area contributed by atoms with Crippen LogP contribution in [0.1, 0.15) is 36.5 Å². The van der Waals surface area contributed by atoms with E-state index in [1.807, 2.05) is 0 Å². The molecule has 27 heavy (non-hydrogen) atoms. The highest BCUT2D eigenvalue weighted by molar-refractivity contribution is 7.89. The standard InChI is InChI=1S/C18H25N3O4S.ClH/c1-13(22)14-3-6-17(7-4-14)26(24,25)21-10-8-20(9-11-21)18(23)15-2-5-16(19)12-15;/h3-4,6-7,15-16H,2,5,8-12,19H2,1H3;1H. The van der Waals surface area contributed by atoms with E-state index in [0.717, 1.165) is 19.3 Å². The molecule has 0 radical (unpaired) electrons. The van der Waals surface area contributed by atoms with Crippen molar-refractivity contribution in [2.45, 2.75) is 37.1 Å². The molecule has 1 aromatic carbocycles. The predicted octanol–water partition coefficient (Wildman–Crippen LogP) is 1.27. The van der Waals surface area contributed by atoms with E-state index in [-0.39, 0.29) is 54.0 Å². The molecule has 2 atom stereocenters. The number of Topliss-reactive ketones (excluding diaryl/α,β-unsaturated/α-hetero) is 1. The average Bonchev–Trinajstić information content (AvgIpc) is 3.07. The number of piperazine rings is 1. The number of halogens is 1. The highest BCUT2D eigenvalue weighted by atomic mass is 35.5. The third kappa shape index (κ3) is 4.68. The molecule has 1 saturated heterocycles. The van der Waals surface area contributed by atoms with Crippen molar-refractivity contribution in [3.05, 3.63) is 29.8 Å². The molecule has 9 heteroatoms. The molecule has 2 N–H and O–H groups in total. The van der Waals surface area contributed by atoms with Gasteiger partial charge in [0, 0.05) is 43.7 Å². The van der Waals surface area contributed by atoms with Gasteiger partial charge in [-0.2, -0.15) is 4.31 Å². The monoisotopic (exact) mass is 415 g/mol. The number of benzene rings is 1. The molecule has 1 amide bonds. The van der Waals surface area contributed by atoms with Crippen molar-refractivity contribution in [2.75, 3.05) is 26.2 Å². The minimum atomic E-state index is -3.62. The molecule has 1 aliphatic heterocycles. The molecule has 1 heterocycles. The van der Waals surface area contributed by atoms with Crippen molar-refractivity contribution in [1.82, 2.24) is 9.21 Å². The van der Waals surface area contributed by atoms with Crippen molar-refractivity contribution < 1.29 is 18.0 Å². The lowest BCUT2D eigenvalue weighted by atomic mass is 10.1. The number of sulfonamides is 1. The van der Waals surface area contributed by atoms with E-state index in [2.05, 4.69) is 0 Å². The molecule has 2 aliphatic rings. The number of rotatable bonds is 4. The summed E-state index contributed by atoms with van der Waals surface area (Å²) in [5, 5.41) is 0. The second-order valence-electron chi connectivity index (χ2n) is 7.08. The third-order valence-electron chi connectivity index (χ3n) is 5.27. The summed E-state index contributed by atoms with van der Waals surface area (Å²) in [4.78, 5) is 25.8. The fourth-order valence-electron chi connectivity index (χ4n) is 3.66. The van der Waals surface area contributed by atoms with Gasteiger partial charge in [0.1, 0.15) is 0 Å². The molecule has 0 spiro atoms. The lowest BCUT2D eigenvalue weighted by molar-refractivity contribution is -0.136. The first-order valence-electron chi connectivity index (χ1n) is 8.94.